The van der Waals surface area contributed by atoms with Crippen molar-refractivity contribution in [3.05, 3.63) is 148 Å². The number of anilines is 1. The van der Waals surface area contributed by atoms with Crippen molar-refractivity contribution < 1.29 is 0 Å². The molecule has 0 saturated heterocycles. The summed E-state index contributed by atoms with van der Waals surface area (Å²) >= 11 is 0. The quantitative estimate of drug-likeness (QED) is 0.122. The zero-order valence-corrected chi connectivity index (χ0v) is 23.1. The highest BCUT2D eigenvalue weighted by molar-refractivity contribution is 5.92. The fraction of sp³-hybridized carbons (Fsp3) is 0.194. The van der Waals surface area contributed by atoms with Crippen LogP contribution in [0.15, 0.2) is 114 Å². The Bertz CT molecular complexity index is 1600. The van der Waals surface area contributed by atoms with Gasteiger partial charge >= 0.3 is 0 Å². The Morgan fingerprint density at radius 2 is 1.70 bits per heavy atom. The van der Waals surface area contributed by atoms with Gasteiger partial charge in [0.15, 0.2) is 0 Å². The van der Waals surface area contributed by atoms with Gasteiger partial charge in [0.1, 0.15) is 0 Å². The molecule has 0 N–H and O–H groups in total. The first-order valence-electron chi connectivity index (χ1n) is 13.7. The maximum Gasteiger partial charge on any atom is 0.270 e. The zero-order valence-electron chi connectivity index (χ0n) is 23.1. The van der Waals surface area contributed by atoms with Gasteiger partial charge in [-0.1, -0.05) is 105 Å². The zero-order chi connectivity index (χ0) is 28.3. The lowest BCUT2D eigenvalue weighted by Crippen LogP contribution is -2.26. The number of para-hydroxylation sites is 1. The number of aryl methyl sites for hydroxylation is 1. The number of nitriles is 2. The van der Waals surface area contributed by atoms with Crippen LogP contribution in [0.1, 0.15) is 54.9 Å². The first-order chi connectivity index (χ1) is 19.6. The molecule has 4 heteroatoms. The van der Waals surface area contributed by atoms with Crippen molar-refractivity contribution in [2.24, 2.45) is 0 Å². The van der Waals surface area contributed by atoms with E-state index >= 15 is 0 Å². The second-order valence-electron chi connectivity index (χ2n) is 9.75. The third-order valence-corrected chi connectivity index (χ3v) is 6.98. The summed E-state index contributed by atoms with van der Waals surface area (Å²) < 4.78 is 0. The first-order valence-corrected chi connectivity index (χ1v) is 13.7. The topological polar surface area (TPSA) is 55.2 Å². The molecule has 196 valence electrons. The molecule has 1 aliphatic rings. The van der Waals surface area contributed by atoms with Crippen LogP contribution in [0.5, 0.6) is 0 Å². The molecule has 4 rings (SSSR count). The van der Waals surface area contributed by atoms with Crippen LogP contribution in [0.4, 0.5) is 5.69 Å². The van der Waals surface area contributed by atoms with E-state index in [1.54, 1.807) is 6.08 Å². The average molecular weight is 521 g/mol. The maximum atomic E-state index is 10.2. The highest BCUT2D eigenvalue weighted by Crippen LogP contribution is 2.39. The highest BCUT2D eigenvalue weighted by Gasteiger charge is 2.23. The molecule has 0 radical (unpaired) electrons. The molecular weight excluding hydrogens is 488 g/mol. The second kappa shape index (κ2) is 13.6. The van der Waals surface area contributed by atoms with Crippen LogP contribution in [-0.2, 0) is 0 Å². The molecule has 4 nitrogen and oxygen atoms in total. The molecule has 0 fully saturated rings. The van der Waals surface area contributed by atoms with Crippen LogP contribution in [0.2, 0.25) is 0 Å². The lowest BCUT2D eigenvalue weighted by atomic mass is 9.91. The van der Waals surface area contributed by atoms with Crippen molar-refractivity contribution in [1.29, 1.82) is 10.5 Å². The van der Waals surface area contributed by atoms with Crippen LogP contribution >= 0.6 is 0 Å². The number of hydrogen-bond donors (Lipinski definition) is 0. The van der Waals surface area contributed by atoms with Gasteiger partial charge in [0.2, 0.25) is 0 Å². The van der Waals surface area contributed by atoms with Crippen LogP contribution in [0, 0.1) is 36.2 Å². The lowest BCUT2D eigenvalue weighted by Gasteiger charge is -2.33. The maximum absolute atomic E-state index is 10.2. The average Bonchev–Trinajstić information content (AvgIpc) is 2.99. The fourth-order valence-corrected chi connectivity index (χ4v) is 5.02. The molecule has 0 unspecified atom stereocenters. The molecule has 0 saturated carbocycles. The smallest absolute Gasteiger partial charge is 0.270 e. The SMILES string of the molecule is [C-]#[N+]/C(C#N)=C(\C(C#N)=CC=C1C=C(c2ccccc2)c2ccccc2N1CCCCCC)c1cccc(C)c1. The molecule has 3 aromatic carbocycles. The Morgan fingerprint density at radius 1 is 0.925 bits per heavy atom. The van der Waals surface area contributed by atoms with E-state index in [1.807, 2.05) is 61.5 Å². The van der Waals surface area contributed by atoms with Gasteiger partial charge in [-0.3, -0.25) is 0 Å². The number of rotatable bonds is 9. The largest absolute Gasteiger partial charge is 0.341 e. The van der Waals surface area contributed by atoms with E-state index in [9.17, 15) is 10.5 Å². The van der Waals surface area contributed by atoms with E-state index in [4.69, 9.17) is 6.57 Å². The van der Waals surface area contributed by atoms with Gasteiger partial charge in [-0.15, -0.1) is 0 Å². The predicted molar refractivity (Wildman–Crippen MR) is 164 cm³/mol. The molecule has 0 amide bonds. The van der Waals surface area contributed by atoms with E-state index in [-0.39, 0.29) is 11.3 Å². The Morgan fingerprint density at radius 3 is 2.40 bits per heavy atom. The summed E-state index contributed by atoms with van der Waals surface area (Å²) in [7, 11) is 0. The summed E-state index contributed by atoms with van der Waals surface area (Å²) in [5.74, 6) is 0. The van der Waals surface area contributed by atoms with Gasteiger partial charge in [-0.05, 0) is 54.3 Å². The monoisotopic (exact) mass is 520 g/mol. The Labute approximate surface area is 237 Å². The minimum absolute atomic E-state index is 0.0947. The summed E-state index contributed by atoms with van der Waals surface area (Å²) in [6.45, 7) is 12.6. The van der Waals surface area contributed by atoms with Gasteiger partial charge in [-0.2, -0.15) is 5.26 Å². The minimum Gasteiger partial charge on any atom is -0.341 e. The third-order valence-electron chi connectivity index (χ3n) is 6.98. The first kappa shape index (κ1) is 27.9. The predicted octanol–water partition coefficient (Wildman–Crippen LogP) is 9.02. The van der Waals surface area contributed by atoms with Crippen molar-refractivity contribution >= 4 is 16.8 Å². The van der Waals surface area contributed by atoms with Crippen LogP contribution < -0.4 is 4.90 Å². The van der Waals surface area contributed by atoms with Gasteiger partial charge in [0.25, 0.3) is 5.70 Å². The molecule has 0 aliphatic carbocycles. The van der Waals surface area contributed by atoms with E-state index in [0.717, 1.165) is 47.5 Å². The number of nitrogens with zero attached hydrogens (tertiary/aromatic N) is 4. The molecule has 0 atom stereocenters. The number of allylic oxidation sites excluding steroid dienone is 6. The molecule has 1 heterocycles. The molecule has 3 aromatic rings. The van der Waals surface area contributed by atoms with E-state index in [0.29, 0.717) is 11.1 Å². The summed E-state index contributed by atoms with van der Waals surface area (Å²) in [5, 5.41) is 20.0. The third kappa shape index (κ3) is 6.30. The summed E-state index contributed by atoms with van der Waals surface area (Å²) in [6.07, 6.45) is 10.4. The van der Waals surface area contributed by atoms with Crippen molar-refractivity contribution in [3.8, 4) is 12.1 Å². The van der Waals surface area contributed by atoms with Crippen molar-refractivity contribution in [2.45, 2.75) is 39.5 Å². The van der Waals surface area contributed by atoms with Gasteiger partial charge in [0, 0.05) is 29.1 Å². The second-order valence-corrected chi connectivity index (χ2v) is 9.75. The molecular formula is C36H32N4. The summed E-state index contributed by atoms with van der Waals surface area (Å²) in [4.78, 5) is 5.78. The van der Waals surface area contributed by atoms with Gasteiger partial charge < -0.3 is 4.90 Å². The standard InChI is InChI=1S/C36H32N4/c1-4-5-6-12-22-40-31(24-33(28-15-8-7-9-16-28)32-18-10-11-19-35(32)40)21-20-30(25-37)36(34(26-38)39-3)29-17-13-14-27(2)23-29/h7-11,13-21,23-24H,4-6,12,22H2,1-2H3/b30-20?,31-21?,36-34-. The number of benzene rings is 3. The van der Waals surface area contributed by atoms with Crippen LogP contribution in [-0.4, -0.2) is 6.54 Å². The van der Waals surface area contributed by atoms with Crippen molar-refractivity contribution in [3.63, 3.8) is 0 Å². The minimum atomic E-state index is -0.0947. The lowest BCUT2D eigenvalue weighted by molar-refractivity contribution is 0.663. The fourth-order valence-electron chi connectivity index (χ4n) is 5.02. The Kier molecular flexibility index (Phi) is 9.50. The van der Waals surface area contributed by atoms with Gasteiger partial charge in [0.05, 0.1) is 24.3 Å². The van der Waals surface area contributed by atoms with E-state index < -0.39 is 0 Å². The normalized spacial score (nSPS) is 14.4. The van der Waals surface area contributed by atoms with Crippen LogP contribution in [0.25, 0.3) is 16.0 Å². The number of unbranched alkanes of at least 4 members (excludes halogenated alkanes) is 3. The molecule has 40 heavy (non-hydrogen) atoms. The highest BCUT2D eigenvalue weighted by atomic mass is 15.1. The van der Waals surface area contributed by atoms with E-state index in [1.165, 1.54) is 18.4 Å². The van der Waals surface area contributed by atoms with Gasteiger partial charge in [-0.25, -0.2) is 10.1 Å². The van der Waals surface area contributed by atoms with Crippen molar-refractivity contribution in [1.82, 2.24) is 0 Å². The van der Waals surface area contributed by atoms with E-state index in [2.05, 4.69) is 65.2 Å². The number of hydrogen-bond acceptors (Lipinski definition) is 3. The molecule has 0 bridgehead atoms. The summed E-state index contributed by atoms with van der Waals surface area (Å²) in [5.41, 5.74) is 7.73. The summed E-state index contributed by atoms with van der Waals surface area (Å²) in [6, 6.07) is 30.6. The van der Waals surface area contributed by atoms with Crippen LogP contribution in [0.3, 0.4) is 0 Å². The molecule has 0 aromatic heterocycles. The Balaban J connectivity index is 1.89. The molecule has 1 aliphatic heterocycles. The Hall–Kier alpha value is -5.11. The number of fused-ring (bicyclic) bond motifs is 1. The van der Waals surface area contributed by atoms with Crippen molar-refractivity contribution in [2.75, 3.05) is 11.4 Å². The molecule has 0 spiro atoms.